The van der Waals surface area contributed by atoms with Crippen LogP contribution in [0.4, 0.5) is 0 Å². The highest BCUT2D eigenvalue weighted by Crippen LogP contribution is 2.35. The number of benzene rings is 7. The van der Waals surface area contributed by atoms with Gasteiger partial charge in [0.25, 0.3) is 0 Å². The lowest BCUT2D eigenvalue weighted by atomic mass is 9.96. The SMILES string of the molecule is CC(=O)OC[C@H]1O[C@H](OC[C@H]2O[C@H](OCCSCc3ccccc3)[C@H](OCc3ccccc3)[C@@H](OCc3ccccc3)[C@@H]2OCc2ccccc2)[C@H](OCc2ccccc2)[C@@H](OCc2ccccc2)[C@@H]1OCc1ccccc1. The number of thioether (sulfide) groups is 1. The van der Waals surface area contributed by atoms with E-state index in [0.717, 1.165) is 39.1 Å². The van der Waals surface area contributed by atoms with Crippen LogP contribution in [0.25, 0.3) is 0 Å². The maximum Gasteiger partial charge on any atom is 0.302 e. The molecular formula is C65H70O12S. The molecule has 2 fully saturated rings. The quantitative estimate of drug-likeness (QED) is 0.0327. The molecule has 2 saturated heterocycles. The third-order valence-corrected chi connectivity index (χ3v) is 14.4. The van der Waals surface area contributed by atoms with Gasteiger partial charge in [0.15, 0.2) is 12.6 Å². The van der Waals surface area contributed by atoms with E-state index in [9.17, 15) is 4.79 Å². The van der Waals surface area contributed by atoms with E-state index in [1.807, 2.05) is 188 Å². The number of carbonyl (C=O) groups is 1. The molecule has 0 aliphatic carbocycles. The van der Waals surface area contributed by atoms with E-state index in [2.05, 4.69) is 24.3 Å². The van der Waals surface area contributed by atoms with Gasteiger partial charge in [0.1, 0.15) is 55.4 Å². The van der Waals surface area contributed by atoms with Gasteiger partial charge in [-0.1, -0.05) is 212 Å². The second-order valence-electron chi connectivity index (χ2n) is 19.2. The topological polar surface area (TPSA) is 119 Å². The van der Waals surface area contributed by atoms with Crippen molar-refractivity contribution in [2.75, 3.05) is 25.6 Å². The molecule has 0 spiro atoms. The summed E-state index contributed by atoms with van der Waals surface area (Å²) in [6.45, 7) is 2.96. The Morgan fingerprint density at radius 1 is 0.359 bits per heavy atom. The first-order chi connectivity index (χ1) is 38.5. The molecular weight excluding hydrogens is 1000 g/mol. The van der Waals surface area contributed by atoms with Crippen LogP contribution in [0.15, 0.2) is 212 Å². The number of hydrogen-bond acceptors (Lipinski definition) is 13. The number of hydrogen-bond donors (Lipinski definition) is 0. The van der Waals surface area contributed by atoms with Crippen molar-refractivity contribution < 1.29 is 56.9 Å². The van der Waals surface area contributed by atoms with Gasteiger partial charge in [-0.05, 0) is 38.9 Å². The highest BCUT2D eigenvalue weighted by atomic mass is 32.2. The highest BCUT2D eigenvalue weighted by molar-refractivity contribution is 7.98. The summed E-state index contributed by atoms with van der Waals surface area (Å²) >= 11 is 1.78. The van der Waals surface area contributed by atoms with Crippen LogP contribution in [-0.2, 0) is 102 Å². The summed E-state index contributed by atoms with van der Waals surface area (Å²) in [7, 11) is 0. The van der Waals surface area contributed by atoms with E-state index in [1.165, 1.54) is 12.5 Å². The van der Waals surface area contributed by atoms with Crippen molar-refractivity contribution in [3.8, 4) is 0 Å². The van der Waals surface area contributed by atoms with Crippen molar-refractivity contribution in [2.24, 2.45) is 0 Å². The zero-order chi connectivity index (χ0) is 53.4. The van der Waals surface area contributed by atoms with Crippen LogP contribution in [0, 0.1) is 0 Å². The van der Waals surface area contributed by atoms with Crippen LogP contribution < -0.4 is 0 Å². The van der Waals surface area contributed by atoms with E-state index in [1.54, 1.807) is 11.8 Å². The Kier molecular flexibility index (Phi) is 22.5. The van der Waals surface area contributed by atoms with Crippen LogP contribution in [-0.4, -0.2) is 93.0 Å². The largest absolute Gasteiger partial charge is 0.463 e. The average molecular weight is 1080 g/mol. The van der Waals surface area contributed by atoms with Gasteiger partial charge >= 0.3 is 5.97 Å². The molecule has 2 aliphatic heterocycles. The van der Waals surface area contributed by atoms with Gasteiger partial charge in [0.2, 0.25) is 0 Å². The van der Waals surface area contributed by atoms with Crippen molar-refractivity contribution in [1.29, 1.82) is 0 Å². The lowest BCUT2D eigenvalue weighted by Gasteiger charge is -2.48. The summed E-state index contributed by atoms with van der Waals surface area (Å²) in [4.78, 5) is 12.6. The van der Waals surface area contributed by atoms with Gasteiger partial charge < -0.3 is 52.1 Å². The minimum absolute atomic E-state index is 0.0736. The number of rotatable bonds is 29. The first kappa shape index (κ1) is 56.7. The van der Waals surface area contributed by atoms with Gasteiger partial charge in [-0.2, -0.15) is 11.8 Å². The van der Waals surface area contributed by atoms with E-state index in [-0.39, 0.29) is 52.9 Å². The van der Waals surface area contributed by atoms with E-state index in [0.29, 0.717) is 12.4 Å². The fourth-order valence-electron chi connectivity index (χ4n) is 9.40. The Balaban J connectivity index is 1.06. The predicted molar refractivity (Wildman–Crippen MR) is 299 cm³/mol. The minimum atomic E-state index is -1.10. The first-order valence-corrected chi connectivity index (χ1v) is 27.9. The third-order valence-electron chi connectivity index (χ3n) is 13.4. The Labute approximate surface area is 463 Å². The number of ether oxygens (including phenoxy) is 11. The number of carbonyl (C=O) groups excluding carboxylic acids is 1. The van der Waals surface area contributed by atoms with Crippen LogP contribution >= 0.6 is 11.8 Å². The first-order valence-electron chi connectivity index (χ1n) is 26.7. The molecule has 13 heteroatoms. The molecule has 0 N–H and O–H groups in total. The molecule has 0 aromatic heterocycles. The Bertz CT molecular complexity index is 2730. The molecule has 10 atom stereocenters. The summed E-state index contributed by atoms with van der Waals surface area (Å²) in [6.07, 6.45) is -8.37. The maximum absolute atomic E-state index is 12.6. The van der Waals surface area contributed by atoms with Crippen LogP contribution in [0.3, 0.4) is 0 Å². The fourth-order valence-corrected chi connectivity index (χ4v) is 10.2. The summed E-state index contributed by atoms with van der Waals surface area (Å²) in [5.74, 6) is 1.06. The smallest absolute Gasteiger partial charge is 0.302 e. The molecule has 0 unspecified atom stereocenters. The van der Waals surface area contributed by atoms with Crippen LogP contribution in [0.5, 0.6) is 0 Å². The summed E-state index contributed by atoms with van der Waals surface area (Å²) in [5, 5.41) is 0. The molecule has 0 bridgehead atoms. The second kappa shape index (κ2) is 30.9. The highest BCUT2D eigenvalue weighted by Gasteiger charge is 2.52. The minimum Gasteiger partial charge on any atom is -0.463 e. The molecule has 7 aromatic carbocycles. The predicted octanol–water partition coefficient (Wildman–Crippen LogP) is 11.5. The van der Waals surface area contributed by atoms with Gasteiger partial charge in [-0.15, -0.1) is 0 Å². The molecule has 9 rings (SSSR count). The zero-order valence-electron chi connectivity index (χ0n) is 44.1. The Hall–Kier alpha value is -6.04. The van der Waals surface area contributed by atoms with Gasteiger partial charge in [0.05, 0.1) is 52.9 Å². The lowest BCUT2D eigenvalue weighted by molar-refractivity contribution is -0.352. The molecule has 0 amide bonds. The summed E-state index contributed by atoms with van der Waals surface area (Å²) < 4.78 is 75.3. The fraction of sp³-hybridized carbons (Fsp3) is 0.338. The summed E-state index contributed by atoms with van der Waals surface area (Å²) in [6, 6.07) is 70.2. The van der Waals surface area contributed by atoms with Gasteiger partial charge in [-0.25, -0.2) is 0 Å². The molecule has 7 aromatic rings. The lowest BCUT2D eigenvalue weighted by Crippen LogP contribution is -2.64. The van der Waals surface area contributed by atoms with E-state index >= 15 is 0 Å². The van der Waals surface area contributed by atoms with E-state index < -0.39 is 67.4 Å². The standard InChI is InChI=1S/C65H70O12S/c1-48(66)68-45-56-58(69-39-49-23-9-2-10-24-49)61(72-42-52-29-15-5-16-30-52)63(74-44-54-33-19-7-20-34-54)65(77-56)75-46-57-59(70-40-50-25-11-3-12-26-50)60(71-41-51-27-13-4-14-28-51)62(73-43-53-31-17-6-18-32-53)64(76-57)67-37-38-78-47-55-35-21-8-22-36-55/h2-36,56-65H,37-47H2,1H3/t56-,57-,58-,59-,60+,61+,62-,63-,64+,65+/m1/s1. The van der Waals surface area contributed by atoms with E-state index in [4.69, 9.17) is 52.1 Å². The van der Waals surface area contributed by atoms with Crippen molar-refractivity contribution in [3.05, 3.63) is 251 Å². The van der Waals surface area contributed by atoms with Crippen molar-refractivity contribution >= 4 is 17.7 Å². The molecule has 2 heterocycles. The van der Waals surface area contributed by atoms with Crippen molar-refractivity contribution in [1.82, 2.24) is 0 Å². The Morgan fingerprint density at radius 2 is 0.654 bits per heavy atom. The van der Waals surface area contributed by atoms with Gasteiger partial charge in [0, 0.05) is 18.4 Å². The second-order valence-corrected chi connectivity index (χ2v) is 20.3. The maximum atomic E-state index is 12.6. The number of esters is 1. The molecule has 0 radical (unpaired) electrons. The Morgan fingerprint density at radius 3 is 1.00 bits per heavy atom. The van der Waals surface area contributed by atoms with Crippen LogP contribution in [0.1, 0.15) is 45.9 Å². The van der Waals surface area contributed by atoms with Crippen molar-refractivity contribution in [2.45, 2.75) is 114 Å². The third kappa shape index (κ3) is 17.5. The molecule has 408 valence electrons. The molecule has 78 heavy (non-hydrogen) atoms. The average Bonchev–Trinajstić information content (AvgIpc) is 3.53. The molecule has 2 aliphatic rings. The van der Waals surface area contributed by atoms with Gasteiger partial charge in [-0.3, -0.25) is 4.79 Å². The monoisotopic (exact) mass is 1070 g/mol. The normalized spacial score (nSPS) is 23.1. The zero-order valence-corrected chi connectivity index (χ0v) is 44.9. The molecule has 0 saturated carbocycles. The summed E-state index contributed by atoms with van der Waals surface area (Å²) in [5.41, 5.74) is 7.00. The van der Waals surface area contributed by atoms with Crippen molar-refractivity contribution in [3.63, 3.8) is 0 Å². The van der Waals surface area contributed by atoms with Crippen LogP contribution in [0.2, 0.25) is 0 Å². The molecule has 12 nitrogen and oxygen atoms in total.